The van der Waals surface area contributed by atoms with E-state index >= 15 is 0 Å². The van der Waals surface area contributed by atoms with Crippen LogP contribution in [0, 0.1) is 12.7 Å². The minimum absolute atomic E-state index is 0.127. The lowest BCUT2D eigenvalue weighted by Crippen LogP contribution is -2.32. The van der Waals surface area contributed by atoms with Crippen LogP contribution in [0.4, 0.5) is 26.3 Å². The first kappa shape index (κ1) is 21.7. The van der Waals surface area contributed by atoms with Crippen LogP contribution in [0.3, 0.4) is 0 Å². The third-order valence-electron chi connectivity index (χ3n) is 4.83. The topological polar surface area (TPSA) is 72.8 Å². The summed E-state index contributed by atoms with van der Waals surface area (Å²) in [5.74, 6) is -2.18. The molecule has 0 bridgehead atoms. The number of halogens is 6. The van der Waals surface area contributed by atoms with Gasteiger partial charge in [-0.2, -0.15) is 5.10 Å². The normalized spacial score (nSPS) is 14.3. The first-order valence-corrected chi connectivity index (χ1v) is 8.71. The van der Waals surface area contributed by atoms with Crippen LogP contribution in [0.5, 0.6) is 5.75 Å². The molecule has 2 aromatic heterocycles. The van der Waals surface area contributed by atoms with E-state index < -0.39 is 46.5 Å². The smallest absolute Gasteiger partial charge is 0.403 e. The SMILES string of the molecule is CCC(C)(c1ccc(OC(F)(F)F)c(F)c1)n1nc(C(F)F)c2c(=O)[nH]c(C)nc21. The number of nitrogens with zero attached hydrogens (tertiary/aromatic N) is 3. The molecule has 1 N–H and O–H groups in total. The van der Waals surface area contributed by atoms with Gasteiger partial charge < -0.3 is 9.72 Å². The number of H-pyrrole nitrogens is 1. The van der Waals surface area contributed by atoms with Gasteiger partial charge in [0.05, 0.1) is 5.54 Å². The standard InChI is InChI=1S/C18H16F6N4O2/c1-4-17(3,9-5-6-11(10(19)7-9)30-18(22,23)24)28-15-12(13(27-28)14(20)21)16(29)26-8(2)25-15/h5-7,14H,4H2,1-3H3,(H,25,26,29). The fourth-order valence-electron chi connectivity index (χ4n) is 3.18. The minimum atomic E-state index is -5.08. The number of fused-ring (bicyclic) bond motifs is 1. The van der Waals surface area contributed by atoms with Gasteiger partial charge in [-0.15, -0.1) is 13.2 Å². The average Bonchev–Trinajstić information content (AvgIpc) is 3.02. The second kappa shape index (κ2) is 7.33. The molecule has 3 rings (SSSR count). The van der Waals surface area contributed by atoms with Crippen LogP contribution >= 0.6 is 0 Å². The zero-order chi connectivity index (χ0) is 22.4. The van der Waals surface area contributed by atoms with Gasteiger partial charge in [0.15, 0.2) is 17.2 Å². The Morgan fingerprint density at radius 2 is 1.93 bits per heavy atom. The van der Waals surface area contributed by atoms with Crippen LogP contribution in [0.1, 0.15) is 43.8 Å². The lowest BCUT2D eigenvalue weighted by Gasteiger charge is -2.30. The van der Waals surface area contributed by atoms with E-state index in [1.807, 2.05) is 0 Å². The Hall–Kier alpha value is -3.05. The fraction of sp³-hybridized carbons (Fsp3) is 0.389. The molecular formula is C18H16F6N4O2. The predicted octanol–water partition coefficient (Wildman–Crippen LogP) is 4.58. The molecule has 0 saturated heterocycles. The summed E-state index contributed by atoms with van der Waals surface area (Å²) >= 11 is 0. The van der Waals surface area contributed by atoms with E-state index in [1.165, 1.54) is 19.9 Å². The van der Waals surface area contributed by atoms with Gasteiger partial charge >= 0.3 is 6.36 Å². The fourth-order valence-corrected chi connectivity index (χ4v) is 3.18. The summed E-state index contributed by atoms with van der Waals surface area (Å²) in [4.78, 5) is 18.7. The van der Waals surface area contributed by atoms with Gasteiger partial charge in [-0.3, -0.25) is 4.79 Å². The third kappa shape index (κ3) is 3.73. The highest BCUT2D eigenvalue weighted by Crippen LogP contribution is 2.36. The van der Waals surface area contributed by atoms with Crippen LogP contribution in [-0.4, -0.2) is 26.1 Å². The Labute approximate surface area is 165 Å². The largest absolute Gasteiger partial charge is 0.573 e. The maximum absolute atomic E-state index is 14.3. The van der Waals surface area contributed by atoms with E-state index in [0.717, 1.165) is 16.8 Å². The molecule has 2 heterocycles. The number of rotatable bonds is 5. The molecule has 1 atom stereocenters. The zero-order valence-electron chi connectivity index (χ0n) is 15.9. The Morgan fingerprint density at radius 1 is 1.27 bits per heavy atom. The second-order valence-corrected chi connectivity index (χ2v) is 6.77. The molecule has 1 unspecified atom stereocenters. The molecule has 30 heavy (non-hydrogen) atoms. The molecule has 12 heteroatoms. The van der Waals surface area contributed by atoms with Gasteiger partial charge in [0.25, 0.3) is 12.0 Å². The highest BCUT2D eigenvalue weighted by molar-refractivity contribution is 5.78. The van der Waals surface area contributed by atoms with Gasteiger partial charge in [-0.05, 0) is 38.0 Å². The van der Waals surface area contributed by atoms with Crippen molar-refractivity contribution in [1.82, 2.24) is 19.7 Å². The summed E-state index contributed by atoms with van der Waals surface area (Å²) in [7, 11) is 0. The lowest BCUT2D eigenvalue weighted by atomic mass is 9.89. The molecule has 162 valence electrons. The van der Waals surface area contributed by atoms with Crippen LogP contribution in [0.15, 0.2) is 23.0 Å². The molecule has 0 amide bonds. The zero-order valence-corrected chi connectivity index (χ0v) is 15.9. The molecular weight excluding hydrogens is 418 g/mol. The van der Waals surface area contributed by atoms with Crippen molar-refractivity contribution < 1.29 is 31.1 Å². The van der Waals surface area contributed by atoms with E-state index in [2.05, 4.69) is 19.8 Å². The summed E-state index contributed by atoms with van der Waals surface area (Å²) < 4.78 is 83.2. The van der Waals surface area contributed by atoms with Crippen molar-refractivity contribution in [2.24, 2.45) is 0 Å². The molecule has 6 nitrogen and oxygen atoms in total. The van der Waals surface area contributed by atoms with Crippen LogP contribution in [0.25, 0.3) is 11.0 Å². The highest BCUT2D eigenvalue weighted by atomic mass is 19.4. The van der Waals surface area contributed by atoms with E-state index in [9.17, 15) is 31.1 Å². The summed E-state index contributed by atoms with van der Waals surface area (Å²) in [6, 6.07) is 2.76. The second-order valence-electron chi connectivity index (χ2n) is 6.77. The van der Waals surface area contributed by atoms with Gasteiger partial charge in [-0.1, -0.05) is 13.0 Å². The number of hydrogen-bond donors (Lipinski definition) is 1. The number of nitrogens with one attached hydrogen (secondary N) is 1. The van der Waals surface area contributed by atoms with E-state index in [4.69, 9.17) is 0 Å². The Morgan fingerprint density at radius 3 is 2.47 bits per heavy atom. The van der Waals surface area contributed by atoms with Crippen molar-refractivity contribution in [2.75, 3.05) is 0 Å². The van der Waals surface area contributed by atoms with Crippen LogP contribution < -0.4 is 10.3 Å². The first-order valence-electron chi connectivity index (χ1n) is 8.71. The summed E-state index contributed by atoms with van der Waals surface area (Å²) in [5, 5.41) is 3.46. The molecule has 0 aliphatic carbocycles. The van der Waals surface area contributed by atoms with Crippen molar-refractivity contribution in [3.63, 3.8) is 0 Å². The van der Waals surface area contributed by atoms with Crippen molar-refractivity contribution >= 4 is 11.0 Å². The molecule has 0 spiro atoms. The van der Waals surface area contributed by atoms with Gasteiger partial charge in [0.2, 0.25) is 0 Å². The number of aromatic amines is 1. The minimum Gasteiger partial charge on any atom is -0.403 e. The van der Waals surface area contributed by atoms with Crippen LogP contribution in [-0.2, 0) is 5.54 Å². The Bertz CT molecular complexity index is 1150. The number of alkyl halides is 5. The average molecular weight is 434 g/mol. The van der Waals surface area contributed by atoms with Crippen LogP contribution in [0.2, 0.25) is 0 Å². The summed E-state index contributed by atoms with van der Waals surface area (Å²) in [6.45, 7) is 4.62. The highest BCUT2D eigenvalue weighted by Gasteiger charge is 2.36. The van der Waals surface area contributed by atoms with E-state index in [0.29, 0.717) is 0 Å². The quantitative estimate of drug-likeness (QED) is 0.597. The monoisotopic (exact) mass is 434 g/mol. The number of aromatic nitrogens is 4. The first-order chi connectivity index (χ1) is 13.9. The summed E-state index contributed by atoms with van der Waals surface area (Å²) in [5.41, 5.74) is -2.93. The Kier molecular flexibility index (Phi) is 5.29. The van der Waals surface area contributed by atoms with Gasteiger partial charge in [-0.25, -0.2) is 22.8 Å². The Balaban J connectivity index is 2.24. The molecule has 0 aliphatic rings. The van der Waals surface area contributed by atoms with Crippen molar-refractivity contribution in [3.05, 3.63) is 51.5 Å². The molecule has 0 aliphatic heterocycles. The van der Waals surface area contributed by atoms with E-state index in [-0.39, 0.29) is 23.5 Å². The van der Waals surface area contributed by atoms with Crippen molar-refractivity contribution in [2.45, 2.75) is 45.5 Å². The maximum atomic E-state index is 14.3. The maximum Gasteiger partial charge on any atom is 0.573 e. The number of ether oxygens (including phenoxy) is 1. The number of aryl methyl sites for hydroxylation is 1. The number of benzene rings is 1. The van der Waals surface area contributed by atoms with Gasteiger partial charge in [0.1, 0.15) is 16.9 Å². The molecule has 3 aromatic rings. The predicted molar refractivity (Wildman–Crippen MR) is 94.0 cm³/mol. The van der Waals surface area contributed by atoms with Crippen molar-refractivity contribution in [1.29, 1.82) is 0 Å². The lowest BCUT2D eigenvalue weighted by molar-refractivity contribution is -0.275. The molecule has 1 aromatic carbocycles. The summed E-state index contributed by atoms with van der Waals surface area (Å²) in [6.07, 6.45) is -8.00. The number of hydrogen-bond acceptors (Lipinski definition) is 4. The third-order valence-corrected chi connectivity index (χ3v) is 4.83. The molecule has 0 fully saturated rings. The van der Waals surface area contributed by atoms with E-state index in [1.54, 1.807) is 6.92 Å². The molecule has 0 radical (unpaired) electrons. The van der Waals surface area contributed by atoms with Crippen molar-refractivity contribution in [3.8, 4) is 5.75 Å². The van der Waals surface area contributed by atoms with Gasteiger partial charge in [0, 0.05) is 0 Å². The molecule has 0 saturated carbocycles.